The average molecular weight is 377 g/mol. The summed E-state index contributed by atoms with van der Waals surface area (Å²) >= 11 is 5.99. The maximum atomic E-state index is 12.6. The standard InChI is InChI=1S/C19H25ClN4O2/c1-2-16(26-17-7-3-6-15(20)11-17)12-21-19(25)24-10-4-5-14(13-24)18-8-9-22-23-18/h3,6-9,11,14,16H,2,4-5,10,12-13H2,1H3,(H,21,25)(H,22,23). The second-order valence-corrected chi connectivity index (χ2v) is 7.03. The molecular formula is C19H25ClN4O2. The number of H-pyrrole nitrogens is 1. The van der Waals surface area contributed by atoms with E-state index in [0.717, 1.165) is 37.3 Å². The van der Waals surface area contributed by atoms with E-state index in [1.807, 2.05) is 36.1 Å². The third kappa shape index (κ3) is 4.91. The smallest absolute Gasteiger partial charge is 0.317 e. The first-order valence-corrected chi connectivity index (χ1v) is 9.47. The number of aromatic amines is 1. The van der Waals surface area contributed by atoms with Crippen LogP contribution in [0.2, 0.25) is 5.02 Å². The molecule has 0 spiro atoms. The third-order valence-electron chi connectivity index (χ3n) is 4.71. The number of carbonyl (C=O) groups excluding carboxylic acids is 1. The van der Waals surface area contributed by atoms with Gasteiger partial charge in [-0.1, -0.05) is 24.6 Å². The van der Waals surface area contributed by atoms with Gasteiger partial charge < -0.3 is 15.0 Å². The van der Waals surface area contributed by atoms with E-state index in [4.69, 9.17) is 16.3 Å². The Kier molecular flexibility index (Phi) is 6.39. The number of likely N-dealkylation sites (tertiary alicyclic amines) is 1. The fourth-order valence-electron chi connectivity index (χ4n) is 3.22. The Bertz CT molecular complexity index is 707. The molecule has 2 N–H and O–H groups in total. The highest BCUT2D eigenvalue weighted by atomic mass is 35.5. The average Bonchev–Trinajstić information content (AvgIpc) is 3.20. The highest BCUT2D eigenvalue weighted by molar-refractivity contribution is 6.30. The number of nitrogens with one attached hydrogen (secondary N) is 2. The minimum absolute atomic E-state index is 0.0395. The Morgan fingerprint density at radius 2 is 2.38 bits per heavy atom. The number of rotatable bonds is 6. The van der Waals surface area contributed by atoms with Gasteiger partial charge in [0, 0.05) is 35.9 Å². The molecule has 1 saturated heterocycles. The number of hydrogen-bond acceptors (Lipinski definition) is 3. The Hall–Kier alpha value is -2.21. The van der Waals surface area contributed by atoms with Crippen LogP contribution in [0.4, 0.5) is 4.79 Å². The zero-order valence-electron chi connectivity index (χ0n) is 15.0. The lowest BCUT2D eigenvalue weighted by Gasteiger charge is -2.32. The monoisotopic (exact) mass is 376 g/mol. The zero-order valence-corrected chi connectivity index (χ0v) is 15.7. The summed E-state index contributed by atoms with van der Waals surface area (Å²) in [4.78, 5) is 14.4. The molecule has 1 aromatic heterocycles. The van der Waals surface area contributed by atoms with E-state index in [1.54, 1.807) is 12.3 Å². The molecule has 140 valence electrons. The number of benzene rings is 1. The summed E-state index contributed by atoms with van der Waals surface area (Å²) in [5.41, 5.74) is 1.10. The lowest BCUT2D eigenvalue weighted by molar-refractivity contribution is 0.162. The largest absolute Gasteiger partial charge is 0.489 e. The Labute approximate surface area is 158 Å². The Morgan fingerprint density at radius 1 is 1.50 bits per heavy atom. The third-order valence-corrected chi connectivity index (χ3v) is 4.94. The quantitative estimate of drug-likeness (QED) is 0.805. The van der Waals surface area contributed by atoms with Gasteiger partial charge in [0.05, 0.1) is 6.54 Å². The van der Waals surface area contributed by atoms with E-state index in [9.17, 15) is 4.79 Å². The van der Waals surface area contributed by atoms with Gasteiger partial charge in [-0.3, -0.25) is 5.10 Å². The number of ether oxygens (including phenoxy) is 1. The van der Waals surface area contributed by atoms with Crippen molar-refractivity contribution >= 4 is 17.6 Å². The first kappa shape index (κ1) is 18.6. The maximum absolute atomic E-state index is 12.6. The van der Waals surface area contributed by atoms with Gasteiger partial charge in [-0.2, -0.15) is 5.10 Å². The van der Waals surface area contributed by atoms with Crippen molar-refractivity contribution in [3.63, 3.8) is 0 Å². The van der Waals surface area contributed by atoms with Crippen LogP contribution >= 0.6 is 11.6 Å². The van der Waals surface area contributed by atoms with E-state index in [2.05, 4.69) is 15.5 Å². The van der Waals surface area contributed by atoms with Crippen molar-refractivity contribution in [1.82, 2.24) is 20.4 Å². The fraction of sp³-hybridized carbons (Fsp3) is 0.474. The molecule has 1 fully saturated rings. The van der Waals surface area contributed by atoms with Gasteiger partial charge in [0.25, 0.3) is 0 Å². The van der Waals surface area contributed by atoms with Crippen LogP contribution in [0.15, 0.2) is 36.5 Å². The number of aromatic nitrogens is 2. The minimum Gasteiger partial charge on any atom is -0.489 e. The molecule has 26 heavy (non-hydrogen) atoms. The summed E-state index contributed by atoms with van der Waals surface area (Å²) in [6, 6.07) is 9.26. The van der Waals surface area contributed by atoms with Gasteiger partial charge in [-0.25, -0.2) is 4.79 Å². The second kappa shape index (κ2) is 8.94. The minimum atomic E-state index is -0.0920. The molecule has 1 aliphatic heterocycles. The SMILES string of the molecule is CCC(CNC(=O)N1CCCC(c2ccn[nH]2)C1)Oc1cccc(Cl)c1. The molecule has 1 aliphatic rings. The van der Waals surface area contributed by atoms with Crippen molar-refractivity contribution in [3.8, 4) is 5.75 Å². The number of hydrogen-bond donors (Lipinski definition) is 2. The predicted molar refractivity (Wildman–Crippen MR) is 102 cm³/mol. The van der Waals surface area contributed by atoms with Gasteiger partial charge in [-0.05, 0) is 43.5 Å². The summed E-state index contributed by atoms with van der Waals surface area (Å²) in [6.45, 7) is 3.99. The van der Waals surface area contributed by atoms with Crippen LogP contribution in [0.3, 0.4) is 0 Å². The van der Waals surface area contributed by atoms with Crippen molar-refractivity contribution in [2.24, 2.45) is 0 Å². The molecule has 2 heterocycles. The molecule has 0 aliphatic carbocycles. The van der Waals surface area contributed by atoms with Crippen molar-refractivity contribution in [3.05, 3.63) is 47.2 Å². The molecule has 2 unspecified atom stereocenters. The number of nitrogens with zero attached hydrogens (tertiary/aromatic N) is 2. The summed E-state index contributed by atoms with van der Waals surface area (Å²) in [6.07, 6.45) is 4.52. The number of amides is 2. The Balaban J connectivity index is 1.50. The van der Waals surface area contributed by atoms with Crippen molar-refractivity contribution in [2.75, 3.05) is 19.6 Å². The summed E-state index contributed by atoms with van der Waals surface area (Å²) in [7, 11) is 0. The maximum Gasteiger partial charge on any atom is 0.317 e. The van der Waals surface area contributed by atoms with Crippen LogP contribution in [0.5, 0.6) is 5.75 Å². The number of carbonyl (C=O) groups is 1. The molecule has 2 atom stereocenters. The van der Waals surface area contributed by atoms with E-state index in [-0.39, 0.29) is 12.1 Å². The molecule has 0 bridgehead atoms. The second-order valence-electron chi connectivity index (χ2n) is 6.59. The van der Waals surface area contributed by atoms with Gasteiger partial charge in [0.1, 0.15) is 11.9 Å². The van der Waals surface area contributed by atoms with Crippen LogP contribution in [0.1, 0.15) is 37.8 Å². The van der Waals surface area contributed by atoms with Crippen molar-refractivity contribution in [2.45, 2.75) is 38.2 Å². The molecule has 3 rings (SSSR count). The summed E-state index contributed by atoms with van der Waals surface area (Å²) in [5, 5.41) is 10.7. The van der Waals surface area contributed by atoms with E-state index >= 15 is 0 Å². The summed E-state index contributed by atoms with van der Waals surface area (Å²) < 4.78 is 5.93. The highest BCUT2D eigenvalue weighted by Gasteiger charge is 2.25. The van der Waals surface area contributed by atoms with Crippen LogP contribution in [-0.4, -0.2) is 46.9 Å². The van der Waals surface area contributed by atoms with Crippen molar-refractivity contribution in [1.29, 1.82) is 0 Å². The molecular weight excluding hydrogens is 352 g/mol. The molecule has 2 amide bonds. The van der Waals surface area contributed by atoms with Gasteiger partial charge in [-0.15, -0.1) is 0 Å². The fourth-order valence-corrected chi connectivity index (χ4v) is 3.40. The zero-order chi connectivity index (χ0) is 18.4. The molecule has 0 saturated carbocycles. The van der Waals surface area contributed by atoms with Crippen LogP contribution in [0.25, 0.3) is 0 Å². The molecule has 0 radical (unpaired) electrons. The molecule has 7 heteroatoms. The topological polar surface area (TPSA) is 70.2 Å². The lowest BCUT2D eigenvalue weighted by atomic mass is 9.95. The number of halogens is 1. The molecule has 1 aromatic carbocycles. The molecule has 6 nitrogen and oxygen atoms in total. The number of urea groups is 1. The van der Waals surface area contributed by atoms with Crippen LogP contribution in [-0.2, 0) is 0 Å². The van der Waals surface area contributed by atoms with E-state index in [1.165, 1.54) is 0 Å². The van der Waals surface area contributed by atoms with Gasteiger partial charge in [0.2, 0.25) is 0 Å². The highest BCUT2D eigenvalue weighted by Crippen LogP contribution is 2.25. The van der Waals surface area contributed by atoms with Crippen molar-refractivity contribution < 1.29 is 9.53 Å². The van der Waals surface area contributed by atoms with Crippen LogP contribution < -0.4 is 10.1 Å². The normalized spacial score (nSPS) is 18.4. The lowest BCUT2D eigenvalue weighted by Crippen LogP contribution is -2.47. The number of piperidine rings is 1. The Morgan fingerprint density at radius 3 is 3.12 bits per heavy atom. The van der Waals surface area contributed by atoms with Crippen LogP contribution in [0, 0.1) is 0 Å². The van der Waals surface area contributed by atoms with Gasteiger partial charge in [0.15, 0.2) is 0 Å². The first-order chi connectivity index (χ1) is 12.7. The summed E-state index contributed by atoms with van der Waals surface area (Å²) in [5.74, 6) is 1.04. The van der Waals surface area contributed by atoms with E-state index in [0.29, 0.717) is 24.0 Å². The molecule has 2 aromatic rings. The predicted octanol–water partition coefficient (Wildman–Crippen LogP) is 3.81. The first-order valence-electron chi connectivity index (χ1n) is 9.10. The van der Waals surface area contributed by atoms with Gasteiger partial charge >= 0.3 is 6.03 Å². The van der Waals surface area contributed by atoms with E-state index < -0.39 is 0 Å².